The lowest BCUT2D eigenvalue weighted by Gasteiger charge is -2.13. The number of alkyl halides is 3. The van der Waals surface area contributed by atoms with Gasteiger partial charge in [-0.2, -0.15) is 13.2 Å². The summed E-state index contributed by atoms with van der Waals surface area (Å²) in [5.74, 6) is 0. The first kappa shape index (κ1) is 21.6. The number of hydrogen-bond acceptors (Lipinski definition) is 4. The van der Waals surface area contributed by atoms with Crippen molar-refractivity contribution in [1.29, 1.82) is 0 Å². The maximum atomic E-state index is 12.9. The van der Waals surface area contributed by atoms with Gasteiger partial charge in [0, 0.05) is 0 Å². The van der Waals surface area contributed by atoms with E-state index in [-0.39, 0.29) is 16.4 Å². The minimum absolute atomic E-state index is 0.00738. The zero-order chi connectivity index (χ0) is 20.6. The zero-order valence-corrected chi connectivity index (χ0v) is 16.4. The predicted octanol–water partition coefficient (Wildman–Crippen LogP) is 4.18. The molecule has 2 aromatic rings. The summed E-state index contributed by atoms with van der Waals surface area (Å²) in [6, 6.07) is 5.65. The predicted molar refractivity (Wildman–Crippen MR) is 97.2 cm³/mol. The zero-order valence-electron chi connectivity index (χ0n) is 13.3. The van der Waals surface area contributed by atoms with Gasteiger partial charge in [-0.05, 0) is 36.4 Å². The van der Waals surface area contributed by atoms with Gasteiger partial charge in [0.05, 0.1) is 38.1 Å². The molecule has 0 unspecified atom stereocenters. The van der Waals surface area contributed by atoms with Crippen LogP contribution in [-0.4, -0.2) is 23.1 Å². The third-order valence-electron chi connectivity index (χ3n) is 3.07. The number of rotatable bonds is 5. The third kappa shape index (κ3) is 5.64. The van der Waals surface area contributed by atoms with Crippen molar-refractivity contribution in [3.8, 4) is 0 Å². The average Bonchev–Trinajstić information content (AvgIpc) is 2.47. The van der Waals surface area contributed by atoms with Gasteiger partial charge in [-0.25, -0.2) is 16.8 Å². The van der Waals surface area contributed by atoms with Gasteiger partial charge < -0.3 is 0 Å². The van der Waals surface area contributed by atoms with Gasteiger partial charge in [-0.3, -0.25) is 9.44 Å². The molecular weight excluding hydrogens is 452 g/mol. The smallest absolute Gasteiger partial charge is 0.282 e. The van der Waals surface area contributed by atoms with Crippen LogP contribution in [0.5, 0.6) is 0 Å². The molecule has 0 aliphatic heterocycles. The summed E-state index contributed by atoms with van der Waals surface area (Å²) in [5, 5.41) is -0.756. The van der Waals surface area contributed by atoms with Crippen molar-refractivity contribution < 1.29 is 30.0 Å². The molecule has 6 nitrogen and oxygen atoms in total. The number of sulfonamides is 2. The lowest BCUT2D eigenvalue weighted by Crippen LogP contribution is -2.15. The Morgan fingerprint density at radius 3 is 2.04 bits per heavy atom. The Morgan fingerprint density at radius 2 is 1.52 bits per heavy atom. The first-order chi connectivity index (χ1) is 12.2. The third-order valence-corrected chi connectivity index (χ3v) is 5.68. The summed E-state index contributed by atoms with van der Waals surface area (Å²) in [6.45, 7) is 0. The second kappa shape index (κ2) is 7.38. The summed E-state index contributed by atoms with van der Waals surface area (Å²) >= 11 is 11.4. The van der Waals surface area contributed by atoms with E-state index in [9.17, 15) is 30.0 Å². The van der Waals surface area contributed by atoms with Crippen LogP contribution in [-0.2, 0) is 26.2 Å². The fourth-order valence-corrected chi connectivity index (χ4v) is 4.13. The molecule has 0 saturated heterocycles. The van der Waals surface area contributed by atoms with E-state index in [1.54, 1.807) is 0 Å². The van der Waals surface area contributed by atoms with Crippen molar-refractivity contribution in [2.45, 2.75) is 11.1 Å². The largest absolute Gasteiger partial charge is 0.417 e. The molecular formula is C14H11Cl2F3N2O4S2. The van der Waals surface area contributed by atoms with Crippen LogP contribution in [0.4, 0.5) is 24.5 Å². The van der Waals surface area contributed by atoms with Crippen molar-refractivity contribution in [2.24, 2.45) is 0 Å². The minimum Gasteiger partial charge on any atom is -0.282 e. The molecule has 0 aliphatic rings. The van der Waals surface area contributed by atoms with Crippen LogP contribution in [0.1, 0.15) is 5.56 Å². The SMILES string of the molecule is CS(=O)(=O)Nc1ccc(NS(=O)(=O)c2ccc(Cl)c(C(F)(F)F)c2)cc1Cl. The second-order valence-corrected chi connectivity index (χ2v) is 9.56. The van der Waals surface area contributed by atoms with Crippen LogP contribution in [0.15, 0.2) is 41.3 Å². The van der Waals surface area contributed by atoms with E-state index < -0.39 is 41.7 Å². The molecule has 2 aromatic carbocycles. The number of nitrogens with one attached hydrogen (secondary N) is 2. The second-order valence-electron chi connectivity index (χ2n) is 5.31. The highest BCUT2D eigenvalue weighted by molar-refractivity contribution is 7.92. The molecule has 0 amide bonds. The number of halogens is 5. The number of hydrogen-bond donors (Lipinski definition) is 2. The Labute approximate surface area is 163 Å². The fourth-order valence-electron chi connectivity index (χ4n) is 1.96. The molecule has 0 saturated carbocycles. The van der Waals surface area contributed by atoms with Crippen molar-refractivity contribution >= 4 is 54.6 Å². The lowest BCUT2D eigenvalue weighted by molar-refractivity contribution is -0.137. The summed E-state index contributed by atoms with van der Waals surface area (Å²) in [7, 11) is -7.99. The molecule has 27 heavy (non-hydrogen) atoms. The van der Waals surface area contributed by atoms with Gasteiger partial charge in [0.1, 0.15) is 0 Å². The molecule has 2 rings (SSSR count). The summed E-state index contributed by atoms with van der Waals surface area (Å²) in [4.78, 5) is -0.659. The molecule has 0 heterocycles. The van der Waals surface area contributed by atoms with Crippen LogP contribution < -0.4 is 9.44 Å². The highest BCUT2D eigenvalue weighted by atomic mass is 35.5. The van der Waals surface area contributed by atoms with E-state index in [1.165, 1.54) is 12.1 Å². The normalized spacial score (nSPS) is 12.7. The van der Waals surface area contributed by atoms with Gasteiger partial charge in [0.2, 0.25) is 10.0 Å². The van der Waals surface area contributed by atoms with Crippen molar-refractivity contribution in [2.75, 3.05) is 15.7 Å². The van der Waals surface area contributed by atoms with E-state index in [2.05, 4.69) is 9.44 Å². The van der Waals surface area contributed by atoms with Gasteiger partial charge in [0.15, 0.2) is 0 Å². The fraction of sp³-hybridized carbons (Fsp3) is 0.143. The van der Waals surface area contributed by atoms with Crippen LogP contribution in [0.25, 0.3) is 0 Å². The van der Waals surface area contributed by atoms with Gasteiger partial charge in [0.25, 0.3) is 10.0 Å². The Hall–Kier alpha value is -1.69. The van der Waals surface area contributed by atoms with E-state index >= 15 is 0 Å². The van der Waals surface area contributed by atoms with Gasteiger partial charge >= 0.3 is 6.18 Å². The molecule has 0 radical (unpaired) electrons. The summed E-state index contributed by atoms with van der Waals surface area (Å²) < 4.78 is 90.0. The van der Waals surface area contributed by atoms with Crippen LogP contribution in [0.2, 0.25) is 10.0 Å². The van der Waals surface area contributed by atoms with E-state index in [4.69, 9.17) is 23.2 Å². The monoisotopic (exact) mass is 462 g/mol. The quantitative estimate of drug-likeness (QED) is 0.696. The molecule has 0 aromatic heterocycles. The Morgan fingerprint density at radius 1 is 0.889 bits per heavy atom. The summed E-state index contributed by atoms with van der Waals surface area (Å²) in [5.41, 5.74) is -1.37. The van der Waals surface area contributed by atoms with E-state index in [0.29, 0.717) is 6.07 Å². The average molecular weight is 463 g/mol. The first-order valence-electron chi connectivity index (χ1n) is 6.86. The molecule has 0 atom stereocenters. The lowest BCUT2D eigenvalue weighted by atomic mass is 10.2. The maximum absolute atomic E-state index is 12.9. The van der Waals surface area contributed by atoms with Crippen LogP contribution in [0, 0.1) is 0 Å². The number of anilines is 2. The van der Waals surface area contributed by atoms with Crippen molar-refractivity contribution in [3.05, 3.63) is 52.0 Å². The summed E-state index contributed by atoms with van der Waals surface area (Å²) in [6.07, 6.45) is -3.93. The molecule has 0 aliphatic carbocycles. The standard InChI is InChI=1S/C14H11Cl2F3N2O4S2/c1-26(22,23)21-13-5-2-8(6-12(13)16)20-27(24,25)9-3-4-11(15)10(7-9)14(17,18)19/h2-7,20-21H,1H3. The molecule has 0 fully saturated rings. The maximum Gasteiger partial charge on any atom is 0.417 e. The first-order valence-corrected chi connectivity index (χ1v) is 11.0. The van der Waals surface area contributed by atoms with Crippen molar-refractivity contribution in [1.82, 2.24) is 0 Å². The van der Waals surface area contributed by atoms with E-state index in [1.807, 2.05) is 0 Å². The van der Waals surface area contributed by atoms with Crippen LogP contribution in [0.3, 0.4) is 0 Å². The topological polar surface area (TPSA) is 92.3 Å². The van der Waals surface area contributed by atoms with Crippen molar-refractivity contribution in [3.63, 3.8) is 0 Å². The van der Waals surface area contributed by atoms with Gasteiger partial charge in [-0.15, -0.1) is 0 Å². The Bertz CT molecular complexity index is 1090. The van der Waals surface area contributed by atoms with Gasteiger partial charge in [-0.1, -0.05) is 23.2 Å². The number of benzene rings is 2. The Balaban J connectivity index is 2.36. The van der Waals surface area contributed by atoms with Crippen LogP contribution >= 0.6 is 23.2 Å². The van der Waals surface area contributed by atoms with E-state index in [0.717, 1.165) is 24.5 Å². The molecule has 0 spiro atoms. The Kier molecular flexibility index (Phi) is 5.91. The molecule has 2 N–H and O–H groups in total. The highest BCUT2D eigenvalue weighted by Gasteiger charge is 2.34. The molecule has 148 valence electrons. The highest BCUT2D eigenvalue weighted by Crippen LogP contribution is 2.36. The molecule has 0 bridgehead atoms. The minimum atomic E-state index is -4.83. The molecule has 13 heteroatoms.